The number of aromatic nitrogens is 2. The molecule has 7 heteroatoms. The number of nitrogens with zero attached hydrogens (tertiary/aromatic N) is 2. The summed E-state index contributed by atoms with van der Waals surface area (Å²) in [5.74, 6) is 0.480. The first kappa shape index (κ1) is 17.4. The van der Waals surface area contributed by atoms with Gasteiger partial charge in [0, 0.05) is 30.3 Å². The van der Waals surface area contributed by atoms with Crippen LogP contribution in [0, 0.1) is 12.7 Å². The molecule has 2 aromatic carbocycles. The van der Waals surface area contributed by atoms with E-state index in [0.29, 0.717) is 17.3 Å². The van der Waals surface area contributed by atoms with E-state index >= 15 is 0 Å². The van der Waals surface area contributed by atoms with Gasteiger partial charge in [0.1, 0.15) is 11.6 Å². The topological polar surface area (TPSA) is 41.9 Å². The number of halogens is 2. The summed E-state index contributed by atoms with van der Waals surface area (Å²) in [5.41, 5.74) is 2.78. The SMILES string of the molecule is Cc1nccn1-c1ccc(CNC(=S)Nc2ccc(F)c(Cl)c2)cc1. The van der Waals surface area contributed by atoms with Gasteiger partial charge < -0.3 is 15.2 Å². The Labute approximate surface area is 155 Å². The Balaban J connectivity index is 1.57. The number of nitrogens with one attached hydrogen (secondary N) is 2. The molecular weight excluding hydrogens is 359 g/mol. The highest BCUT2D eigenvalue weighted by molar-refractivity contribution is 7.80. The van der Waals surface area contributed by atoms with Crippen LogP contribution in [-0.4, -0.2) is 14.7 Å². The van der Waals surface area contributed by atoms with Gasteiger partial charge in [0.05, 0.1) is 5.02 Å². The number of anilines is 1. The quantitative estimate of drug-likeness (QED) is 0.661. The molecule has 0 radical (unpaired) electrons. The lowest BCUT2D eigenvalue weighted by Gasteiger charge is -2.12. The summed E-state index contributed by atoms with van der Waals surface area (Å²) >= 11 is 11.0. The van der Waals surface area contributed by atoms with Crippen molar-refractivity contribution in [1.82, 2.24) is 14.9 Å². The van der Waals surface area contributed by atoms with Gasteiger partial charge in [-0.15, -0.1) is 0 Å². The first-order chi connectivity index (χ1) is 12.0. The van der Waals surface area contributed by atoms with Gasteiger partial charge in [-0.2, -0.15) is 0 Å². The van der Waals surface area contributed by atoms with Crippen LogP contribution in [-0.2, 0) is 6.54 Å². The van der Waals surface area contributed by atoms with Crippen molar-refractivity contribution in [1.29, 1.82) is 0 Å². The van der Waals surface area contributed by atoms with Crippen LogP contribution in [0.2, 0.25) is 5.02 Å². The Morgan fingerprint density at radius 2 is 2.00 bits per heavy atom. The molecule has 3 aromatic rings. The van der Waals surface area contributed by atoms with E-state index in [1.54, 1.807) is 12.3 Å². The predicted octanol–water partition coefficient (Wildman–Crippen LogP) is 4.46. The summed E-state index contributed by atoms with van der Waals surface area (Å²) in [7, 11) is 0. The second-order valence-corrected chi connectivity index (χ2v) is 6.26. The number of benzene rings is 2. The Bertz CT molecular complexity index is 892. The van der Waals surface area contributed by atoms with Crippen LogP contribution in [0.15, 0.2) is 54.9 Å². The number of hydrogen-bond acceptors (Lipinski definition) is 2. The second-order valence-electron chi connectivity index (χ2n) is 5.45. The summed E-state index contributed by atoms with van der Waals surface area (Å²) in [6, 6.07) is 12.5. The molecule has 0 aliphatic rings. The van der Waals surface area contributed by atoms with Gasteiger partial charge in [-0.25, -0.2) is 9.37 Å². The zero-order valence-corrected chi connectivity index (χ0v) is 15.0. The molecule has 3 rings (SSSR count). The molecule has 128 valence electrons. The van der Waals surface area contributed by atoms with E-state index in [-0.39, 0.29) is 5.02 Å². The fourth-order valence-corrected chi connectivity index (χ4v) is 2.73. The molecule has 0 atom stereocenters. The van der Waals surface area contributed by atoms with E-state index in [1.807, 2.05) is 42.0 Å². The molecule has 4 nitrogen and oxygen atoms in total. The lowest BCUT2D eigenvalue weighted by atomic mass is 10.2. The van der Waals surface area contributed by atoms with Gasteiger partial charge in [0.2, 0.25) is 0 Å². The van der Waals surface area contributed by atoms with E-state index in [9.17, 15) is 4.39 Å². The molecule has 0 aliphatic heterocycles. The van der Waals surface area contributed by atoms with Crippen molar-refractivity contribution in [2.45, 2.75) is 13.5 Å². The lowest BCUT2D eigenvalue weighted by Crippen LogP contribution is -2.27. The summed E-state index contributed by atoms with van der Waals surface area (Å²) < 4.78 is 15.2. The van der Waals surface area contributed by atoms with Crippen LogP contribution in [0.4, 0.5) is 10.1 Å². The van der Waals surface area contributed by atoms with E-state index < -0.39 is 5.82 Å². The number of hydrogen-bond donors (Lipinski definition) is 2. The fraction of sp³-hybridized carbons (Fsp3) is 0.111. The zero-order chi connectivity index (χ0) is 17.8. The minimum absolute atomic E-state index is 0.0539. The van der Waals surface area contributed by atoms with E-state index in [4.69, 9.17) is 23.8 Å². The number of thiocarbonyl (C=S) groups is 1. The number of imidazole rings is 1. The molecule has 0 amide bonds. The summed E-state index contributed by atoms with van der Waals surface area (Å²) in [4.78, 5) is 4.22. The van der Waals surface area contributed by atoms with Crippen LogP contribution < -0.4 is 10.6 Å². The molecule has 0 unspecified atom stereocenters. The van der Waals surface area contributed by atoms with E-state index in [0.717, 1.165) is 17.1 Å². The van der Waals surface area contributed by atoms with Crippen LogP contribution in [0.3, 0.4) is 0 Å². The fourth-order valence-electron chi connectivity index (χ4n) is 2.36. The van der Waals surface area contributed by atoms with Crippen LogP contribution >= 0.6 is 23.8 Å². The standard InChI is InChI=1S/C18H16ClFN4S/c1-12-21-8-9-24(12)15-5-2-13(3-6-15)11-22-18(25)23-14-4-7-17(20)16(19)10-14/h2-10H,11H2,1H3,(H2,22,23,25). The van der Waals surface area contributed by atoms with Crippen LogP contribution in [0.25, 0.3) is 5.69 Å². The summed E-state index contributed by atoms with van der Waals surface area (Å²) in [6.07, 6.45) is 3.70. The Morgan fingerprint density at radius 3 is 2.64 bits per heavy atom. The molecule has 0 aliphatic carbocycles. The van der Waals surface area contributed by atoms with Crippen molar-refractivity contribution in [3.8, 4) is 5.69 Å². The number of aryl methyl sites for hydroxylation is 1. The van der Waals surface area contributed by atoms with Gasteiger partial charge in [0.25, 0.3) is 0 Å². The maximum absolute atomic E-state index is 13.2. The third-order valence-electron chi connectivity index (χ3n) is 3.67. The molecule has 0 saturated carbocycles. The van der Waals surface area contributed by atoms with Crippen LogP contribution in [0.1, 0.15) is 11.4 Å². The minimum Gasteiger partial charge on any atom is -0.358 e. The second kappa shape index (κ2) is 7.63. The Hall–Kier alpha value is -2.44. The zero-order valence-electron chi connectivity index (χ0n) is 13.5. The van der Waals surface area contributed by atoms with Gasteiger partial charge in [-0.3, -0.25) is 0 Å². The molecule has 1 aromatic heterocycles. The van der Waals surface area contributed by atoms with Gasteiger partial charge in [0.15, 0.2) is 5.11 Å². The molecule has 1 heterocycles. The average Bonchev–Trinajstić information content (AvgIpc) is 3.03. The minimum atomic E-state index is -0.459. The monoisotopic (exact) mass is 374 g/mol. The Kier molecular flexibility index (Phi) is 5.31. The third-order valence-corrected chi connectivity index (χ3v) is 4.21. The predicted molar refractivity (Wildman–Crippen MR) is 103 cm³/mol. The molecule has 0 spiro atoms. The van der Waals surface area contributed by atoms with Crippen LogP contribution in [0.5, 0.6) is 0 Å². The average molecular weight is 375 g/mol. The molecule has 0 bridgehead atoms. The highest BCUT2D eigenvalue weighted by atomic mass is 35.5. The smallest absolute Gasteiger partial charge is 0.171 e. The highest BCUT2D eigenvalue weighted by Gasteiger charge is 2.04. The van der Waals surface area contributed by atoms with Gasteiger partial charge >= 0.3 is 0 Å². The molecule has 2 N–H and O–H groups in total. The molecule has 0 fully saturated rings. The molecule has 0 saturated heterocycles. The molecular formula is C18H16ClFN4S. The van der Waals surface area contributed by atoms with Crippen molar-refractivity contribution in [3.05, 3.63) is 77.1 Å². The van der Waals surface area contributed by atoms with E-state index in [1.165, 1.54) is 12.1 Å². The summed E-state index contributed by atoms with van der Waals surface area (Å²) in [5, 5.41) is 6.59. The van der Waals surface area contributed by atoms with Gasteiger partial charge in [-0.1, -0.05) is 23.7 Å². The largest absolute Gasteiger partial charge is 0.358 e. The molecule has 25 heavy (non-hydrogen) atoms. The lowest BCUT2D eigenvalue weighted by molar-refractivity contribution is 0.628. The van der Waals surface area contributed by atoms with Gasteiger partial charge in [-0.05, 0) is 55.0 Å². The highest BCUT2D eigenvalue weighted by Crippen LogP contribution is 2.19. The van der Waals surface area contributed by atoms with Crippen molar-refractivity contribution >= 4 is 34.6 Å². The number of rotatable bonds is 4. The normalized spacial score (nSPS) is 10.5. The van der Waals surface area contributed by atoms with Crippen molar-refractivity contribution in [3.63, 3.8) is 0 Å². The van der Waals surface area contributed by atoms with Crippen molar-refractivity contribution < 1.29 is 4.39 Å². The van der Waals surface area contributed by atoms with E-state index in [2.05, 4.69) is 15.6 Å². The first-order valence-corrected chi connectivity index (χ1v) is 8.41. The maximum Gasteiger partial charge on any atom is 0.171 e. The third kappa shape index (κ3) is 4.35. The first-order valence-electron chi connectivity index (χ1n) is 7.62. The van der Waals surface area contributed by atoms with Crippen molar-refractivity contribution in [2.75, 3.05) is 5.32 Å². The summed E-state index contributed by atoms with van der Waals surface area (Å²) in [6.45, 7) is 2.53. The Morgan fingerprint density at radius 1 is 1.24 bits per heavy atom. The maximum atomic E-state index is 13.2. The van der Waals surface area contributed by atoms with Crippen molar-refractivity contribution in [2.24, 2.45) is 0 Å².